The number of rotatable bonds is 10. The Morgan fingerprint density at radius 3 is 2.46 bits per heavy atom. The van der Waals surface area contributed by atoms with Crippen LogP contribution in [0.15, 0.2) is 4.99 Å². The molecule has 0 spiro atoms. The third-order valence-electron chi connectivity index (χ3n) is 4.15. The number of guanidine groups is 1. The van der Waals surface area contributed by atoms with Gasteiger partial charge in [-0.1, -0.05) is 32.1 Å². The molecule has 1 rings (SSSR count). The number of carbonyl (C=O) groups excluding carboxylic acids is 1. The lowest BCUT2D eigenvalue weighted by Gasteiger charge is -2.24. The second-order valence-electron chi connectivity index (χ2n) is 6.21. The first-order valence-electron chi connectivity index (χ1n) is 9.46. The Kier molecular flexibility index (Phi) is 15.6. The standard InChI is InChI=1S/C18H35N3O2.HI/c1-3-19-18(21-16-12-8-7-9-13-16)20-15-11-6-5-10-14-17(22)23-4-2;/h16H,3-15H2,1-2H3,(H2,19,20,21);1H. The molecule has 1 aliphatic rings. The summed E-state index contributed by atoms with van der Waals surface area (Å²) < 4.78 is 4.92. The third kappa shape index (κ3) is 11.9. The summed E-state index contributed by atoms with van der Waals surface area (Å²) in [4.78, 5) is 15.9. The highest BCUT2D eigenvalue weighted by Crippen LogP contribution is 2.17. The fraction of sp³-hybridized carbons (Fsp3) is 0.889. The Balaban J connectivity index is 0.00000529. The van der Waals surface area contributed by atoms with Gasteiger partial charge in [-0.3, -0.25) is 9.79 Å². The summed E-state index contributed by atoms with van der Waals surface area (Å²) in [5, 5.41) is 6.90. The van der Waals surface area contributed by atoms with E-state index >= 15 is 0 Å². The minimum Gasteiger partial charge on any atom is -0.466 e. The highest BCUT2D eigenvalue weighted by Gasteiger charge is 2.14. The molecule has 0 bridgehead atoms. The quantitative estimate of drug-likeness (QED) is 0.173. The number of carbonyl (C=O) groups is 1. The summed E-state index contributed by atoms with van der Waals surface area (Å²) in [5.41, 5.74) is 0. The number of hydrogen-bond donors (Lipinski definition) is 2. The fourth-order valence-corrected chi connectivity index (χ4v) is 2.92. The molecule has 0 aromatic carbocycles. The maximum absolute atomic E-state index is 11.2. The number of aliphatic imine (C=N–C) groups is 1. The number of unbranched alkanes of at least 4 members (excludes halogenated alkanes) is 3. The van der Waals surface area contributed by atoms with Crippen molar-refractivity contribution < 1.29 is 9.53 Å². The van der Waals surface area contributed by atoms with Gasteiger partial charge < -0.3 is 15.4 Å². The minimum atomic E-state index is -0.0726. The molecule has 142 valence electrons. The van der Waals surface area contributed by atoms with Gasteiger partial charge in [0.25, 0.3) is 0 Å². The van der Waals surface area contributed by atoms with Crippen LogP contribution in [0.25, 0.3) is 0 Å². The van der Waals surface area contributed by atoms with Crippen LogP contribution < -0.4 is 10.6 Å². The van der Waals surface area contributed by atoms with Gasteiger partial charge in [0.1, 0.15) is 0 Å². The highest BCUT2D eigenvalue weighted by molar-refractivity contribution is 14.0. The van der Waals surface area contributed by atoms with Gasteiger partial charge in [-0.2, -0.15) is 0 Å². The Labute approximate surface area is 164 Å². The molecule has 0 radical (unpaired) electrons. The molecule has 0 unspecified atom stereocenters. The normalized spacial score (nSPS) is 15.5. The molecule has 2 N–H and O–H groups in total. The summed E-state index contributed by atoms with van der Waals surface area (Å²) in [6.07, 6.45) is 11.3. The van der Waals surface area contributed by atoms with Crippen molar-refractivity contribution in [1.29, 1.82) is 0 Å². The number of ether oxygens (including phenoxy) is 1. The maximum Gasteiger partial charge on any atom is 0.305 e. The molecule has 0 saturated heterocycles. The predicted molar refractivity (Wildman–Crippen MR) is 111 cm³/mol. The molecule has 1 fully saturated rings. The molecular weight excluding hydrogens is 417 g/mol. The van der Waals surface area contributed by atoms with Crippen molar-refractivity contribution in [1.82, 2.24) is 10.6 Å². The second-order valence-corrected chi connectivity index (χ2v) is 6.21. The van der Waals surface area contributed by atoms with Crippen LogP contribution in [0.1, 0.15) is 78.1 Å². The van der Waals surface area contributed by atoms with Gasteiger partial charge >= 0.3 is 5.97 Å². The average molecular weight is 453 g/mol. The number of nitrogens with one attached hydrogen (secondary N) is 2. The lowest BCUT2D eigenvalue weighted by atomic mass is 9.96. The van der Waals surface area contributed by atoms with Crippen LogP contribution in [-0.2, 0) is 9.53 Å². The SMILES string of the molecule is CCNC(=NCCCCCCC(=O)OCC)NC1CCCCC1.I. The third-order valence-corrected chi connectivity index (χ3v) is 4.15. The Morgan fingerprint density at radius 1 is 1.08 bits per heavy atom. The van der Waals surface area contributed by atoms with Crippen molar-refractivity contribution in [3.63, 3.8) is 0 Å². The van der Waals surface area contributed by atoms with Crippen LogP contribution in [0.2, 0.25) is 0 Å². The van der Waals surface area contributed by atoms with Crippen LogP contribution in [0, 0.1) is 0 Å². The molecule has 24 heavy (non-hydrogen) atoms. The molecule has 0 aromatic rings. The molecule has 5 nitrogen and oxygen atoms in total. The van der Waals surface area contributed by atoms with Crippen LogP contribution in [-0.4, -0.2) is 37.7 Å². The number of esters is 1. The molecule has 0 heterocycles. The summed E-state index contributed by atoms with van der Waals surface area (Å²) in [6.45, 7) is 6.18. The molecule has 0 aromatic heterocycles. The van der Waals surface area contributed by atoms with E-state index in [1.54, 1.807) is 0 Å². The number of halogens is 1. The Hall–Kier alpha value is -0.530. The molecule has 6 heteroatoms. The van der Waals surface area contributed by atoms with Gasteiger partial charge in [0.05, 0.1) is 6.61 Å². The van der Waals surface area contributed by atoms with Gasteiger partial charge in [-0.15, -0.1) is 24.0 Å². The van der Waals surface area contributed by atoms with E-state index < -0.39 is 0 Å². The monoisotopic (exact) mass is 453 g/mol. The first-order chi connectivity index (χ1) is 11.3. The van der Waals surface area contributed by atoms with E-state index in [1.807, 2.05) is 6.92 Å². The van der Waals surface area contributed by atoms with Gasteiger partial charge in [-0.25, -0.2) is 0 Å². The summed E-state index contributed by atoms with van der Waals surface area (Å²) in [6, 6.07) is 0.589. The maximum atomic E-state index is 11.2. The predicted octanol–water partition coefficient (Wildman–Crippen LogP) is 4.01. The minimum absolute atomic E-state index is 0. The Bertz CT molecular complexity index is 345. The summed E-state index contributed by atoms with van der Waals surface area (Å²) in [7, 11) is 0. The van der Waals surface area contributed by atoms with E-state index in [0.717, 1.165) is 44.7 Å². The van der Waals surface area contributed by atoms with Gasteiger partial charge in [0, 0.05) is 25.6 Å². The van der Waals surface area contributed by atoms with E-state index in [0.29, 0.717) is 19.1 Å². The largest absolute Gasteiger partial charge is 0.466 e. The number of nitrogens with zero attached hydrogens (tertiary/aromatic N) is 1. The first kappa shape index (κ1) is 23.5. The highest BCUT2D eigenvalue weighted by atomic mass is 127. The van der Waals surface area contributed by atoms with E-state index in [9.17, 15) is 4.79 Å². The zero-order valence-corrected chi connectivity index (χ0v) is 17.8. The lowest BCUT2D eigenvalue weighted by molar-refractivity contribution is -0.143. The van der Waals surface area contributed by atoms with Gasteiger partial charge in [-0.05, 0) is 39.5 Å². The zero-order valence-electron chi connectivity index (χ0n) is 15.4. The molecule has 0 aliphatic heterocycles. The van der Waals surface area contributed by atoms with Crippen molar-refractivity contribution in [2.24, 2.45) is 4.99 Å². The van der Waals surface area contributed by atoms with E-state index in [2.05, 4.69) is 22.5 Å². The molecule has 0 amide bonds. The lowest BCUT2D eigenvalue weighted by Crippen LogP contribution is -2.44. The molecule has 1 aliphatic carbocycles. The summed E-state index contributed by atoms with van der Waals surface area (Å²) >= 11 is 0. The van der Waals surface area contributed by atoms with Crippen molar-refractivity contribution in [2.75, 3.05) is 19.7 Å². The second kappa shape index (κ2) is 16.0. The number of hydrogen-bond acceptors (Lipinski definition) is 3. The van der Waals surface area contributed by atoms with Crippen molar-refractivity contribution in [3.05, 3.63) is 0 Å². The first-order valence-corrected chi connectivity index (χ1v) is 9.46. The van der Waals surface area contributed by atoms with Crippen LogP contribution in [0.4, 0.5) is 0 Å². The fourth-order valence-electron chi connectivity index (χ4n) is 2.92. The van der Waals surface area contributed by atoms with Crippen LogP contribution in [0.5, 0.6) is 0 Å². The van der Waals surface area contributed by atoms with E-state index in [4.69, 9.17) is 4.74 Å². The van der Waals surface area contributed by atoms with E-state index in [-0.39, 0.29) is 29.9 Å². The molecular formula is C18H36IN3O2. The zero-order chi connectivity index (χ0) is 16.8. The molecule has 0 atom stereocenters. The molecule has 1 saturated carbocycles. The van der Waals surface area contributed by atoms with Crippen LogP contribution in [0.3, 0.4) is 0 Å². The Morgan fingerprint density at radius 2 is 1.79 bits per heavy atom. The van der Waals surface area contributed by atoms with Gasteiger partial charge in [0.2, 0.25) is 0 Å². The van der Waals surface area contributed by atoms with Crippen molar-refractivity contribution in [2.45, 2.75) is 84.1 Å². The summed E-state index contributed by atoms with van der Waals surface area (Å²) in [5.74, 6) is 0.891. The average Bonchev–Trinajstić information content (AvgIpc) is 2.55. The topological polar surface area (TPSA) is 62.7 Å². The van der Waals surface area contributed by atoms with E-state index in [1.165, 1.54) is 32.1 Å². The van der Waals surface area contributed by atoms with Crippen LogP contribution >= 0.6 is 24.0 Å². The smallest absolute Gasteiger partial charge is 0.305 e. The van der Waals surface area contributed by atoms with Crippen molar-refractivity contribution in [3.8, 4) is 0 Å². The van der Waals surface area contributed by atoms with Crippen molar-refractivity contribution >= 4 is 35.9 Å². The van der Waals surface area contributed by atoms with Gasteiger partial charge in [0.15, 0.2) is 5.96 Å².